The van der Waals surface area contributed by atoms with Gasteiger partial charge in [0, 0.05) is 26.2 Å². The number of hydrogen-bond acceptors (Lipinski definition) is 5. The number of aliphatic imine (C=N–C) groups is 1. The van der Waals surface area contributed by atoms with E-state index in [0.717, 1.165) is 31.7 Å². The molecule has 0 amide bonds. The molecule has 0 spiro atoms. The van der Waals surface area contributed by atoms with Gasteiger partial charge >= 0.3 is 0 Å². The van der Waals surface area contributed by atoms with Crippen molar-refractivity contribution >= 4 is 16.0 Å². The lowest BCUT2D eigenvalue weighted by molar-refractivity contribution is 0.208. The van der Waals surface area contributed by atoms with Crippen LogP contribution >= 0.6 is 0 Å². The summed E-state index contributed by atoms with van der Waals surface area (Å²) in [6.45, 7) is 10.8. The molecule has 138 valence electrons. The summed E-state index contributed by atoms with van der Waals surface area (Å²) in [5.74, 6) is 0.605. The first-order valence-corrected chi connectivity index (χ1v) is 10.2. The Morgan fingerprint density at radius 3 is 2.12 bits per heavy atom. The molecule has 25 heavy (non-hydrogen) atoms. The maximum absolute atomic E-state index is 13.1. The average Bonchev–Trinajstić information content (AvgIpc) is 3.05. The molecule has 0 saturated carbocycles. The van der Waals surface area contributed by atoms with Crippen LogP contribution in [0, 0.1) is 0 Å². The van der Waals surface area contributed by atoms with Crippen molar-refractivity contribution in [2.24, 2.45) is 4.99 Å². The second-order valence-electron chi connectivity index (χ2n) is 7.82. The van der Waals surface area contributed by atoms with E-state index in [0.29, 0.717) is 23.9 Å². The fourth-order valence-corrected chi connectivity index (χ4v) is 4.61. The maximum atomic E-state index is 13.1. The summed E-state index contributed by atoms with van der Waals surface area (Å²) in [5, 5.41) is 0. The van der Waals surface area contributed by atoms with Crippen LogP contribution in [0.25, 0.3) is 0 Å². The number of nitrogens with zero attached hydrogens (tertiary/aromatic N) is 4. The number of rotatable bonds is 2. The highest BCUT2D eigenvalue weighted by Crippen LogP contribution is 2.26. The number of likely N-dealkylation sites (N-methyl/N-ethyl adjacent to an activating group) is 1. The van der Waals surface area contributed by atoms with Gasteiger partial charge in [-0.05, 0) is 30.2 Å². The van der Waals surface area contributed by atoms with Gasteiger partial charge in [-0.25, -0.2) is 12.7 Å². The van der Waals surface area contributed by atoms with E-state index >= 15 is 0 Å². The van der Waals surface area contributed by atoms with Gasteiger partial charge in [0.15, 0.2) is 0 Å². The van der Waals surface area contributed by atoms with Crippen LogP contribution in [0.2, 0.25) is 0 Å². The van der Waals surface area contributed by atoms with Crippen molar-refractivity contribution < 1.29 is 8.42 Å². The minimum Gasteiger partial charge on any atom is -0.339 e. The van der Waals surface area contributed by atoms with E-state index in [1.165, 1.54) is 4.31 Å². The highest BCUT2D eigenvalue weighted by Gasteiger charge is 2.34. The lowest BCUT2D eigenvalue weighted by Gasteiger charge is -2.36. The first kappa shape index (κ1) is 18.2. The Morgan fingerprint density at radius 2 is 1.56 bits per heavy atom. The Bertz CT molecular complexity index is 742. The molecule has 6 nitrogen and oxygen atoms in total. The Kier molecular flexibility index (Phi) is 4.81. The fourth-order valence-electron chi connectivity index (χ4n) is 3.17. The van der Waals surface area contributed by atoms with Crippen molar-refractivity contribution in [3.8, 4) is 0 Å². The molecule has 2 heterocycles. The molecule has 1 aromatic rings. The van der Waals surface area contributed by atoms with Gasteiger partial charge in [-0.1, -0.05) is 32.9 Å². The third-order valence-corrected chi connectivity index (χ3v) is 6.67. The van der Waals surface area contributed by atoms with Gasteiger partial charge in [-0.15, -0.1) is 0 Å². The number of sulfonamides is 1. The second kappa shape index (κ2) is 6.61. The zero-order valence-corrected chi connectivity index (χ0v) is 16.4. The minimum absolute atomic E-state index is 0.00236. The molecule has 0 radical (unpaired) electrons. The topological polar surface area (TPSA) is 56.2 Å². The van der Waals surface area contributed by atoms with E-state index in [1.54, 1.807) is 12.1 Å². The Hall–Kier alpha value is -1.60. The molecule has 0 aromatic heterocycles. The van der Waals surface area contributed by atoms with Gasteiger partial charge in [0.2, 0.25) is 5.96 Å². The van der Waals surface area contributed by atoms with Crippen molar-refractivity contribution in [2.45, 2.75) is 31.1 Å². The van der Waals surface area contributed by atoms with E-state index in [2.05, 4.69) is 42.6 Å². The van der Waals surface area contributed by atoms with Gasteiger partial charge in [-0.2, -0.15) is 0 Å². The highest BCUT2D eigenvalue weighted by molar-refractivity contribution is 7.89. The van der Waals surface area contributed by atoms with E-state index in [4.69, 9.17) is 0 Å². The molecule has 0 atom stereocenters. The van der Waals surface area contributed by atoms with Gasteiger partial charge in [0.1, 0.15) is 0 Å². The number of guanidine groups is 1. The quantitative estimate of drug-likeness (QED) is 0.800. The fraction of sp³-hybridized carbons (Fsp3) is 0.611. The molecule has 2 aliphatic heterocycles. The van der Waals surface area contributed by atoms with Crippen molar-refractivity contribution in [2.75, 3.05) is 46.3 Å². The third kappa shape index (κ3) is 3.67. The van der Waals surface area contributed by atoms with E-state index in [1.807, 2.05) is 12.1 Å². The average molecular weight is 365 g/mol. The number of piperazine rings is 1. The minimum atomic E-state index is -3.57. The molecule has 1 aromatic carbocycles. The zero-order valence-electron chi connectivity index (χ0n) is 15.6. The second-order valence-corrected chi connectivity index (χ2v) is 9.69. The summed E-state index contributed by atoms with van der Waals surface area (Å²) < 4.78 is 27.7. The molecule has 0 aliphatic carbocycles. The third-order valence-electron chi connectivity index (χ3n) is 4.87. The van der Waals surface area contributed by atoms with Gasteiger partial charge < -0.3 is 9.80 Å². The predicted molar refractivity (Wildman–Crippen MR) is 100 cm³/mol. The van der Waals surface area contributed by atoms with Crippen molar-refractivity contribution in [1.82, 2.24) is 14.1 Å². The predicted octanol–water partition coefficient (Wildman–Crippen LogP) is 1.59. The van der Waals surface area contributed by atoms with Crippen LogP contribution in [0.15, 0.2) is 34.2 Å². The van der Waals surface area contributed by atoms with Crippen LogP contribution in [0.3, 0.4) is 0 Å². The molecule has 3 rings (SSSR count). The summed E-state index contributed by atoms with van der Waals surface area (Å²) in [6.07, 6.45) is 0. The molecule has 2 aliphatic rings. The summed E-state index contributed by atoms with van der Waals surface area (Å²) in [4.78, 5) is 9.16. The molecule has 0 N–H and O–H groups in total. The molecule has 1 saturated heterocycles. The number of hydrogen-bond donors (Lipinski definition) is 0. The first-order valence-electron chi connectivity index (χ1n) is 8.81. The SMILES string of the molecule is CN1CCN(C2=NCCN2S(=O)(=O)c2ccc(C(C)(C)C)cc2)CC1. The van der Waals surface area contributed by atoms with Crippen molar-refractivity contribution in [3.05, 3.63) is 29.8 Å². The van der Waals surface area contributed by atoms with Gasteiger partial charge in [0.25, 0.3) is 10.0 Å². The molecule has 7 heteroatoms. The van der Waals surface area contributed by atoms with E-state index < -0.39 is 10.0 Å². The maximum Gasteiger partial charge on any atom is 0.266 e. The summed E-state index contributed by atoms with van der Waals surface area (Å²) in [7, 11) is -1.48. The Labute approximate surface area is 151 Å². The van der Waals surface area contributed by atoms with Crippen LogP contribution in [-0.2, 0) is 15.4 Å². The Balaban J connectivity index is 1.83. The standard InChI is InChI=1S/C18H28N4O2S/c1-18(2,3)15-5-7-16(8-6-15)25(23,24)22-10-9-19-17(22)21-13-11-20(4)12-14-21/h5-8H,9-14H2,1-4H3. The van der Waals surface area contributed by atoms with Crippen molar-refractivity contribution in [3.63, 3.8) is 0 Å². The lowest BCUT2D eigenvalue weighted by atomic mass is 9.87. The van der Waals surface area contributed by atoms with Crippen LogP contribution in [-0.4, -0.2) is 74.8 Å². The van der Waals surface area contributed by atoms with E-state index in [9.17, 15) is 8.42 Å². The Morgan fingerprint density at radius 1 is 0.960 bits per heavy atom. The largest absolute Gasteiger partial charge is 0.339 e. The monoisotopic (exact) mass is 364 g/mol. The molecule has 0 unspecified atom stereocenters. The van der Waals surface area contributed by atoms with Crippen LogP contribution in [0.5, 0.6) is 0 Å². The zero-order chi connectivity index (χ0) is 18.2. The molecular weight excluding hydrogens is 336 g/mol. The van der Waals surface area contributed by atoms with Crippen LogP contribution in [0.4, 0.5) is 0 Å². The summed E-state index contributed by atoms with van der Waals surface area (Å²) >= 11 is 0. The number of benzene rings is 1. The summed E-state index contributed by atoms with van der Waals surface area (Å²) in [6, 6.07) is 7.26. The van der Waals surface area contributed by atoms with Gasteiger partial charge in [0.05, 0.1) is 18.0 Å². The highest BCUT2D eigenvalue weighted by atomic mass is 32.2. The normalized spacial score (nSPS) is 20.1. The smallest absolute Gasteiger partial charge is 0.266 e. The van der Waals surface area contributed by atoms with Crippen molar-refractivity contribution in [1.29, 1.82) is 0 Å². The van der Waals surface area contributed by atoms with Gasteiger partial charge in [-0.3, -0.25) is 4.99 Å². The van der Waals surface area contributed by atoms with E-state index in [-0.39, 0.29) is 5.41 Å². The lowest BCUT2D eigenvalue weighted by Crippen LogP contribution is -2.52. The summed E-state index contributed by atoms with van der Waals surface area (Å²) in [5.41, 5.74) is 1.13. The van der Waals surface area contributed by atoms with Crippen LogP contribution in [0.1, 0.15) is 26.3 Å². The molecule has 1 fully saturated rings. The van der Waals surface area contributed by atoms with Crippen LogP contribution < -0.4 is 0 Å². The molecular formula is C18H28N4O2S. The first-order chi connectivity index (χ1) is 11.7. The molecule has 0 bridgehead atoms.